The monoisotopic (exact) mass is 357 g/mol. The lowest BCUT2D eigenvalue weighted by Gasteiger charge is -2.12. The number of ether oxygens (including phenoxy) is 2. The van der Waals surface area contributed by atoms with Crippen LogP contribution in [0.3, 0.4) is 0 Å². The van der Waals surface area contributed by atoms with Crippen molar-refractivity contribution in [1.29, 1.82) is 0 Å². The molecule has 27 heavy (non-hydrogen) atoms. The van der Waals surface area contributed by atoms with E-state index in [9.17, 15) is 0 Å². The normalized spacial score (nSPS) is 10.8. The summed E-state index contributed by atoms with van der Waals surface area (Å²) in [7, 11) is 3.30. The zero-order valence-corrected chi connectivity index (χ0v) is 15.4. The molecule has 0 fully saturated rings. The van der Waals surface area contributed by atoms with Gasteiger partial charge in [0, 0.05) is 10.9 Å². The first-order chi connectivity index (χ1) is 13.2. The number of hydrogen-bond acceptors (Lipinski definition) is 5. The van der Waals surface area contributed by atoms with Gasteiger partial charge >= 0.3 is 0 Å². The minimum absolute atomic E-state index is 0.570. The molecule has 5 nitrogen and oxygen atoms in total. The third-order valence-corrected chi connectivity index (χ3v) is 4.45. The van der Waals surface area contributed by atoms with Gasteiger partial charge in [-0.3, -0.25) is 0 Å². The number of fused-ring (bicyclic) bond motifs is 1. The molecule has 2 aromatic heterocycles. The van der Waals surface area contributed by atoms with E-state index in [0.717, 1.165) is 39.4 Å². The van der Waals surface area contributed by atoms with Crippen LogP contribution in [-0.2, 0) is 0 Å². The SMILES string of the molecule is COc1ccccc1-c1nc(-c2ccc(OC)c(C)n2)nc2ccccc12. The highest BCUT2D eigenvalue weighted by Gasteiger charge is 2.15. The standard InChI is InChI=1S/C22H19N3O2/c1-14-19(26-2)13-12-18(23-14)22-24-17-10-6-4-8-15(17)21(25-22)16-9-5-7-11-20(16)27-3/h4-13H,1-3H3. The Kier molecular flexibility index (Phi) is 4.42. The molecule has 2 heterocycles. The van der Waals surface area contributed by atoms with Gasteiger partial charge in [0.2, 0.25) is 0 Å². The van der Waals surface area contributed by atoms with Gasteiger partial charge in [-0.1, -0.05) is 30.3 Å². The first-order valence-electron chi connectivity index (χ1n) is 8.63. The van der Waals surface area contributed by atoms with Gasteiger partial charge in [0.1, 0.15) is 17.2 Å². The summed E-state index contributed by atoms with van der Waals surface area (Å²) in [5.41, 5.74) is 4.10. The van der Waals surface area contributed by atoms with Crippen LogP contribution in [0, 0.1) is 6.92 Å². The van der Waals surface area contributed by atoms with E-state index in [4.69, 9.17) is 19.4 Å². The van der Waals surface area contributed by atoms with Crippen molar-refractivity contribution < 1.29 is 9.47 Å². The summed E-state index contributed by atoms with van der Waals surface area (Å²) in [6, 6.07) is 19.6. The average molecular weight is 357 g/mol. The second-order valence-corrected chi connectivity index (χ2v) is 6.10. The quantitative estimate of drug-likeness (QED) is 0.530. The second-order valence-electron chi connectivity index (χ2n) is 6.10. The fraction of sp³-hybridized carbons (Fsp3) is 0.136. The third kappa shape index (κ3) is 3.08. The number of methoxy groups -OCH3 is 2. The molecule has 0 amide bonds. The van der Waals surface area contributed by atoms with E-state index in [1.807, 2.05) is 67.6 Å². The Morgan fingerprint density at radius 3 is 2.22 bits per heavy atom. The van der Waals surface area contributed by atoms with E-state index in [1.165, 1.54) is 0 Å². The number of para-hydroxylation sites is 2. The highest BCUT2D eigenvalue weighted by molar-refractivity contribution is 5.94. The van der Waals surface area contributed by atoms with Crippen LogP contribution in [0.15, 0.2) is 60.7 Å². The maximum atomic E-state index is 5.55. The Morgan fingerprint density at radius 2 is 1.44 bits per heavy atom. The lowest BCUT2D eigenvalue weighted by molar-refractivity contribution is 0.409. The van der Waals surface area contributed by atoms with Crippen molar-refractivity contribution >= 4 is 10.9 Å². The Hall–Kier alpha value is -3.47. The average Bonchev–Trinajstić information content (AvgIpc) is 2.72. The molecule has 0 aliphatic carbocycles. The summed E-state index contributed by atoms with van der Waals surface area (Å²) in [4.78, 5) is 14.2. The number of aryl methyl sites for hydroxylation is 1. The van der Waals surface area contributed by atoms with Crippen molar-refractivity contribution in [3.05, 3.63) is 66.4 Å². The molecule has 0 unspecified atom stereocenters. The largest absolute Gasteiger partial charge is 0.496 e. The molecular weight excluding hydrogens is 338 g/mol. The van der Waals surface area contributed by atoms with Crippen LogP contribution in [0.4, 0.5) is 0 Å². The summed E-state index contributed by atoms with van der Waals surface area (Å²) >= 11 is 0. The summed E-state index contributed by atoms with van der Waals surface area (Å²) in [5.74, 6) is 2.08. The summed E-state index contributed by atoms with van der Waals surface area (Å²) in [6.45, 7) is 1.91. The predicted molar refractivity (Wildman–Crippen MR) is 106 cm³/mol. The van der Waals surface area contributed by atoms with Crippen molar-refractivity contribution in [1.82, 2.24) is 15.0 Å². The molecular formula is C22H19N3O2. The number of rotatable bonds is 4. The molecule has 0 saturated heterocycles. The Labute approximate surface area is 157 Å². The number of hydrogen-bond donors (Lipinski definition) is 0. The van der Waals surface area contributed by atoms with Crippen LogP contribution >= 0.6 is 0 Å². The highest BCUT2D eigenvalue weighted by Crippen LogP contribution is 2.34. The summed E-state index contributed by atoms with van der Waals surface area (Å²) in [5, 5.41) is 0.969. The van der Waals surface area contributed by atoms with Crippen molar-refractivity contribution in [2.75, 3.05) is 14.2 Å². The number of aromatic nitrogens is 3. The molecule has 4 rings (SSSR count). The predicted octanol–water partition coefficient (Wildman–Crippen LogP) is 4.68. The van der Waals surface area contributed by atoms with E-state index >= 15 is 0 Å². The van der Waals surface area contributed by atoms with Crippen molar-refractivity contribution in [2.24, 2.45) is 0 Å². The Morgan fingerprint density at radius 1 is 0.704 bits per heavy atom. The topological polar surface area (TPSA) is 57.1 Å². The molecule has 4 aromatic rings. The van der Waals surface area contributed by atoms with Gasteiger partial charge in [-0.15, -0.1) is 0 Å². The van der Waals surface area contributed by atoms with E-state index < -0.39 is 0 Å². The van der Waals surface area contributed by atoms with Gasteiger partial charge in [0.05, 0.1) is 31.1 Å². The molecule has 0 N–H and O–H groups in total. The van der Waals surface area contributed by atoms with Crippen LogP contribution in [0.2, 0.25) is 0 Å². The van der Waals surface area contributed by atoms with E-state index in [-0.39, 0.29) is 0 Å². The van der Waals surface area contributed by atoms with Gasteiger partial charge in [0.25, 0.3) is 0 Å². The molecule has 0 bridgehead atoms. The van der Waals surface area contributed by atoms with Gasteiger partial charge in [-0.2, -0.15) is 0 Å². The number of pyridine rings is 1. The number of nitrogens with zero attached hydrogens (tertiary/aromatic N) is 3. The fourth-order valence-electron chi connectivity index (χ4n) is 3.13. The first kappa shape index (κ1) is 17.0. The van der Waals surface area contributed by atoms with Crippen molar-refractivity contribution in [3.8, 4) is 34.3 Å². The van der Waals surface area contributed by atoms with Crippen molar-refractivity contribution in [2.45, 2.75) is 6.92 Å². The maximum Gasteiger partial charge on any atom is 0.179 e. The minimum atomic E-state index is 0.570. The molecule has 0 saturated carbocycles. The van der Waals surface area contributed by atoms with Crippen LogP contribution in [0.1, 0.15) is 5.69 Å². The third-order valence-electron chi connectivity index (χ3n) is 4.45. The zero-order chi connectivity index (χ0) is 18.8. The maximum absolute atomic E-state index is 5.55. The van der Waals surface area contributed by atoms with Gasteiger partial charge < -0.3 is 9.47 Å². The van der Waals surface area contributed by atoms with Gasteiger partial charge in [-0.05, 0) is 37.3 Å². The van der Waals surface area contributed by atoms with Crippen LogP contribution in [0.5, 0.6) is 11.5 Å². The summed E-state index contributed by atoms with van der Waals surface area (Å²) in [6.07, 6.45) is 0. The Bertz CT molecular complexity index is 1130. The molecule has 0 aliphatic heterocycles. The molecule has 0 aliphatic rings. The van der Waals surface area contributed by atoms with Crippen LogP contribution in [0.25, 0.3) is 33.7 Å². The second kappa shape index (κ2) is 7.03. The molecule has 0 radical (unpaired) electrons. The smallest absolute Gasteiger partial charge is 0.179 e. The lowest BCUT2D eigenvalue weighted by atomic mass is 10.0. The first-order valence-corrected chi connectivity index (χ1v) is 8.63. The van der Waals surface area contributed by atoms with E-state index in [2.05, 4.69) is 4.98 Å². The van der Waals surface area contributed by atoms with Crippen molar-refractivity contribution in [3.63, 3.8) is 0 Å². The van der Waals surface area contributed by atoms with Crippen LogP contribution < -0.4 is 9.47 Å². The van der Waals surface area contributed by atoms with E-state index in [1.54, 1.807) is 14.2 Å². The minimum Gasteiger partial charge on any atom is -0.496 e. The summed E-state index contributed by atoms with van der Waals surface area (Å²) < 4.78 is 10.9. The molecule has 0 spiro atoms. The van der Waals surface area contributed by atoms with E-state index in [0.29, 0.717) is 11.5 Å². The molecule has 0 atom stereocenters. The molecule has 5 heteroatoms. The highest BCUT2D eigenvalue weighted by atomic mass is 16.5. The molecule has 2 aromatic carbocycles. The van der Waals surface area contributed by atoms with Crippen LogP contribution in [-0.4, -0.2) is 29.2 Å². The molecule has 134 valence electrons. The number of benzene rings is 2. The van der Waals surface area contributed by atoms with Gasteiger partial charge in [0.15, 0.2) is 5.82 Å². The lowest BCUT2D eigenvalue weighted by Crippen LogP contribution is -1.99. The van der Waals surface area contributed by atoms with Gasteiger partial charge in [-0.25, -0.2) is 15.0 Å². The zero-order valence-electron chi connectivity index (χ0n) is 15.4. The Balaban J connectivity index is 1.98. The fourth-order valence-corrected chi connectivity index (χ4v) is 3.13.